The molecule has 0 radical (unpaired) electrons. The molecule has 0 saturated carbocycles. The molecule has 7 heteroatoms. The van der Waals surface area contributed by atoms with Gasteiger partial charge in [-0.3, -0.25) is 4.79 Å². The van der Waals surface area contributed by atoms with Gasteiger partial charge < -0.3 is 11.1 Å². The molecule has 2 rings (SSSR count). The molecule has 1 amide bonds. The van der Waals surface area contributed by atoms with Crippen LogP contribution < -0.4 is 11.1 Å². The second-order valence-electron chi connectivity index (χ2n) is 6.04. The van der Waals surface area contributed by atoms with Crippen LogP contribution >= 0.6 is 23.7 Å². The molecule has 1 heterocycles. The molecule has 126 valence electrons. The fraction of sp³-hybridized carbons (Fsp3) is 0.438. The summed E-state index contributed by atoms with van der Waals surface area (Å²) in [6, 6.07) is 9.93. The summed E-state index contributed by atoms with van der Waals surface area (Å²) >= 11 is 1.40. The van der Waals surface area contributed by atoms with Crippen molar-refractivity contribution in [2.45, 2.75) is 39.2 Å². The van der Waals surface area contributed by atoms with Crippen molar-refractivity contribution in [1.29, 1.82) is 0 Å². The first-order chi connectivity index (χ1) is 10.3. The highest BCUT2D eigenvalue weighted by Gasteiger charge is 2.28. The van der Waals surface area contributed by atoms with E-state index in [1.54, 1.807) is 6.92 Å². The van der Waals surface area contributed by atoms with E-state index in [1.807, 2.05) is 25.1 Å². The molecular weight excluding hydrogens is 332 g/mol. The van der Waals surface area contributed by atoms with Crippen molar-refractivity contribution < 1.29 is 4.79 Å². The monoisotopic (exact) mass is 354 g/mol. The summed E-state index contributed by atoms with van der Waals surface area (Å²) in [5.41, 5.74) is 6.65. The van der Waals surface area contributed by atoms with Crippen LogP contribution in [0.25, 0.3) is 0 Å². The molecule has 2 aromatic rings. The molecule has 0 saturated heterocycles. The number of halogens is 1. The molecule has 1 aromatic heterocycles. The van der Waals surface area contributed by atoms with Gasteiger partial charge >= 0.3 is 0 Å². The lowest BCUT2D eigenvalue weighted by Crippen LogP contribution is -2.34. The maximum atomic E-state index is 12.0. The molecule has 2 unspecified atom stereocenters. The van der Waals surface area contributed by atoms with Crippen LogP contribution in [-0.2, 0) is 10.2 Å². The van der Waals surface area contributed by atoms with Gasteiger partial charge in [-0.1, -0.05) is 48.6 Å². The highest BCUT2D eigenvalue weighted by atomic mass is 35.5. The molecule has 0 aliphatic rings. The minimum atomic E-state index is -0.269. The first-order valence-corrected chi connectivity index (χ1v) is 8.10. The van der Waals surface area contributed by atoms with Crippen molar-refractivity contribution in [3.63, 3.8) is 0 Å². The van der Waals surface area contributed by atoms with Crippen LogP contribution in [0.3, 0.4) is 0 Å². The maximum absolute atomic E-state index is 12.0. The van der Waals surface area contributed by atoms with E-state index >= 15 is 0 Å². The number of nitrogens with one attached hydrogen (secondary N) is 1. The number of hydrogen-bond acceptors (Lipinski definition) is 5. The Morgan fingerprint density at radius 1 is 1.22 bits per heavy atom. The topological polar surface area (TPSA) is 80.9 Å². The number of aromatic nitrogens is 2. The standard InChI is InChI=1S/C16H22N4OS.ClH/c1-10(11(2)17)13(21)18-15-20-19-14(22-15)16(3,4)12-8-6-5-7-9-12;/h5-11H,17H2,1-4H3,(H,18,20,21);1H. The van der Waals surface area contributed by atoms with Gasteiger partial charge in [-0.2, -0.15) is 0 Å². The van der Waals surface area contributed by atoms with Crippen LogP contribution in [0.15, 0.2) is 30.3 Å². The number of rotatable bonds is 5. The maximum Gasteiger partial charge on any atom is 0.230 e. The number of carbonyl (C=O) groups is 1. The average molecular weight is 355 g/mol. The molecule has 23 heavy (non-hydrogen) atoms. The zero-order chi connectivity index (χ0) is 16.3. The highest BCUT2D eigenvalue weighted by Crippen LogP contribution is 2.34. The van der Waals surface area contributed by atoms with Gasteiger partial charge in [-0.05, 0) is 26.3 Å². The van der Waals surface area contributed by atoms with E-state index in [9.17, 15) is 4.79 Å². The smallest absolute Gasteiger partial charge is 0.230 e. The van der Waals surface area contributed by atoms with E-state index in [-0.39, 0.29) is 35.7 Å². The lowest BCUT2D eigenvalue weighted by molar-refractivity contribution is -0.119. The molecule has 2 atom stereocenters. The van der Waals surface area contributed by atoms with Gasteiger partial charge in [0.2, 0.25) is 11.0 Å². The van der Waals surface area contributed by atoms with Crippen molar-refractivity contribution >= 4 is 34.8 Å². The van der Waals surface area contributed by atoms with Crippen LogP contribution in [0, 0.1) is 5.92 Å². The van der Waals surface area contributed by atoms with E-state index in [0.29, 0.717) is 5.13 Å². The Bertz CT molecular complexity index is 643. The average Bonchev–Trinajstić information content (AvgIpc) is 2.96. The lowest BCUT2D eigenvalue weighted by Gasteiger charge is -2.21. The Morgan fingerprint density at radius 3 is 2.39 bits per heavy atom. The van der Waals surface area contributed by atoms with E-state index in [0.717, 1.165) is 10.6 Å². The SMILES string of the molecule is CC(N)C(C)C(=O)Nc1nnc(C(C)(C)c2ccccc2)s1.Cl. The van der Waals surface area contributed by atoms with Gasteiger partial charge in [0.15, 0.2) is 0 Å². The number of nitrogens with zero attached hydrogens (tertiary/aromatic N) is 2. The predicted octanol–water partition coefficient (Wildman–Crippen LogP) is 3.21. The quantitative estimate of drug-likeness (QED) is 0.863. The van der Waals surface area contributed by atoms with Crippen LogP contribution in [0.4, 0.5) is 5.13 Å². The van der Waals surface area contributed by atoms with E-state index in [2.05, 4.69) is 41.5 Å². The number of carbonyl (C=O) groups excluding carboxylic acids is 1. The molecule has 5 nitrogen and oxygen atoms in total. The fourth-order valence-electron chi connectivity index (χ4n) is 1.96. The number of anilines is 1. The summed E-state index contributed by atoms with van der Waals surface area (Å²) in [7, 11) is 0. The van der Waals surface area contributed by atoms with Gasteiger partial charge in [0.05, 0.1) is 5.92 Å². The summed E-state index contributed by atoms with van der Waals surface area (Å²) in [6.07, 6.45) is 0. The molecule has 0 bridgehead atoms. The first kappa shape index (κ1) is 19.5. The Hall–Kier alpha value is -1.50. The zero-order valence-electron chi connectivity index (χ0n) is 13.7. The number of benzene rings is 1. The minimum absolute atomic E-state index is 0. The number of hydrogen-bond donors (Lipinski definition) is 2. The number of nitrogens with two attached hydrogens (primary N) is 1. The van der Waals surface area contributed by atoms with Gasteiger partial charge in [-0.25, -0.2) is 0 Å². The van der Waals surface area contributed by atoms with Crippen molar-refractivity contribution in [3.05, 3.63) is 40.9 Å². The third kappa shape index (κ3) is 4.50. The van der Waals surface area contributed by atoms with Crippen LogP contribution in [0.5, 0.6) is 0 Å². The zero-order valence-corrected chi connectivity index (χ0v) is 15.4. The van der Waals surface area contributed by atoms with Crippen LogP contribution in [-0.4, -0.2) is 22.1 Å². The summed E-state index contributed by atoms with van der Waals surface area (Å²) in [4.78, 5) is 12.0. The minimum Gasteiger partial charge on any atom is -0.327 e. The second-order valence-corrected chi connectivity index (χ2v) is 7.02. The Balaban J connectivity index is 0.00000264. The molecule has 0 aliphatic heterocycles. The highest BCUT2D eigenvalue weighted by molar-refractivity contribution is 7.15. The predicted molar refractivity (Wildman–Crippen MR) is 97.2 cm³/mol. The Kier molecular flexibility index (Phi) is 6.68. The van der Waals surface area contributed by atoms with Crippen molar-refractivity contribution in [1.82, 2.24) is 10.2 Å². The Morgan fingerprint density at radius 2 is 1.83 bits per heavy atom. The first-order valence-electron chi connectivity index (χ1n) is 7.28. The lowest BCUT2D eigenvalue weighted by atomic mass is 9.85. The van der Waals surface area contributed by atoms with Crippen LogP contribution in [0.2, 0.25) is 0 Å². The molecule has 0 aliphatic carbocycles. The van der Waals surface area contributed by atoms with Gasteiger partial charge in [0.25, 0.3) is 0 Å². The van der Waals surface area contributed by atoms with Crippen molar-refractivity contribution in [2.75, 3.05) is 5.32 Å². The summed E-state index contributed by atoms with van der Waals surface area (Å²) in [6.45, 7) is 7.81. The molecular formula is C16H23ClN4OS. The van der Waals surface area contributed by atoms with Crippen LogP contribution in [0.1, 0.15) is 38.3 Å². The van der Waals surface area contributed by atoms with E-state index in [4.69, 9.17) is 5.73 Å². The Labute approximate surface area is 147 Å². The largest absolute Gasteiger partial charge is 0.327 e. The normalized spacial score (nSPS) is 13.8. The van der Waals surface area contributed by atoms with Gasteiger partial charge in [0, 0.05) is 11.5 Å². The van der Waals surface area contributed by atoms with Crippen molar-refractivity contribution in [3.8, 4) is 0 Å². The third-order valence-corrected chi connectivity index (χ3v) is 5.05. The van der Waals surface area contributed by atoms with Gasteiger partial charge in [0.1, 0.15) is 5.01 Å². The molecule has 0 spiro atoms. The van der Waals surface area contributed by atoms with Crippen molar-refractivity contribution in [2.24, 2.45) is 11.7 Å². The summed E-state index contributed by atoms with van der Waals surface area (Å²) in [5.74, 6) is -0.398. The summed E-state index contributed by atoms with van der Waals surface area (Å²) < 4.78 is 0. The molecule has 3 N–H and O–H groups in total. The molecule has 1 aromatic carbocycles. The summed E-state index contributed by atoms with van der Waals surface area (Å²) in [5, 5.41) is 12.5. The van der Waals surface area contributed by atoms with E-state index in [1.165, 1.54) is 11.3 Å². The number of amides is 1. The van der Waals surface area contributed by atoms with E-state index < -0.39 is 0 Å². The molecule has 0 fully saturated rings. The second kappa shape index (κ2) is 7.86. The van der Waals surface area contributed by atoms with Gasteiger partial charge in [-0.15, -0.1) is 22.6 Å². The fourth-order valence-corrected chi connectivity index (χ4v) is 2.83. The third-order valence-electron chi connectivity index (χ3n) is 3.89.